The van der Waals surface area contributed by atoms with E-state index < -0.39 is 10.0 Å². The second-order valence-electron chi connectivity index (χ2n) is 6.85. The zero-order chi connectivity index (χ0) is 17.5. The predicted molar refractivity (Wildman–Crippen MR) is 101 cm³/mol. The van der Waals surface area contributed by atoms with Crippen molar-refractivity contribution in [1.82, 2.24) is 4.31 Å². The Labute approximate surface area is 155 Å². The van der Waals surface area contributed by atoms with Gasteiger partial charge in [-0.25, -0.2) is 8.42 Å². The normalized spacial score (nSPS) is 23.9. The lowest BCUT2D eigenvalue weighted by atomic mass is 9.94. The molecule has 0 aliphatic carbocycles. The van der Waals surface area contributed by atoms with Crippen LogP contribution in [0.5, 0.6) is 0 Å². The van der Waals surface area contributed by atoms with Crippen LogP contribution in [0.4, 0.5) is 5.69 Å². The molecule has 3 rings (SSSR count). The summed E-state index contributed by atoms with van der Waals surface area (Å²) in [4.78, 5) is 13.6. The summed E-state index contributed by atoms with van der Waals surface area (Å²) in [5.74, 6) is 0.478. The van der Waals surface area contributed by atoms with Gasteiger partial charge in [-0.05, 0) is 48.9 Å². The minimum absolute atomic E-state index is 0. The van der Waals surface area contributed by atoms with E-state index in [1.165, 1.54) is 6.92 Å². The Hall–Kier alpha value is -1.15. The number of sulfonamides is 1. The summed E-state index contributed by atoms with van der Waals surface area (Å²) in [6.07, 6.45) is 2.35. The number of nitrogens with two attached hydrogens (primary N) is 1. The van der Waals surface area contributed by atoms with Crippen LogP contribution >= 0.6 is 12.4 Å². The first-order valence-corrected chi connectivity index (χ1v) is 9.91. The molecule has 1 fully saturated rings. The summed E-state index contributed by atoms with van der Waals surface area (Å²) in [6.45, 7) is 5.13. The highest BCUT2D eigenvalue weighted by Gasteiger charge is 2.35. The number of anilines is 1. The van der Waals surface area contributed by atoms with E-state index >= 15 is 0 Å². The number of hydrogen-bond donors (Lipinski definition) is 1. The summed E-state index contributed by atoms with van der Waals surface area (Å²) in [5.41, 5.74) is 7.56. The van der Waals surface area contributed by atoms with Gasteiger partial charge in [0.15, 0.2) is 0 Å². The van der Waals surface area contributed by atoms with Gasteiger partial charge in [-0.15, -0.1) is 12.4 Å². The van der Waals surface area contributed by atoms with E-state index in [1.54, 1.807) is 27.4 Å². The third-order valence-electron chi connectivity index (χ3n) is 5.13. The summed E-state index contributed by atoms with van der Waals surface area (Å²) in [6, 6.07) is 4.95. The van der Waals surface area contributed by atoms with Crippen LogP contribution in [-0.2, 0) is 21.2 Å². The van der Waals surface area contributed by atoms with Crippen molar-refractivity contribution < 1.29 is 13.2 Å². The molecule has 1 aromatic rings. The van der Waals surface area contributed by atoms with Gasteiger partial charge in [0.25, 0.3) is 0 Å². The zero-order valence-electron chi connectivity index (χ0n) is 14.6. The van der Waals surface area contributed by atoms with Crippen molar-refractivity contribution in [2.75, 3.05) is 24.5 Å². The average Bonchev–Trinajstić information content (AvgIpc) is 2.97. The molecule has 0 spiro atoms. The van der Waals surface area contributed by atoms with E-state index in [0.717, 1.165) is 24.1 Å². The Morgan fingerprint density at radius 1 is 1.32 bits per heavy atom. The molecule has 0 saturated carbocycles. The number of hydrogen-bond acceptors (Lipinski definition) is 4. The maximum Gasteiger partial charge on any atom is 0.243 e. The van der Waals surface area contributed by atoms with E-state index in [-0.39, 0.29) is 24.4 Å². The van der Waals surface area contributed by atoms with E-state index in [9.17, 15) is 13.2 Å². The van der Waals surface area contributed by atoms with Crippen molar-refractivity contribution in [2.24, 2.45) is 11.7 Å². The lowest BCUT2D eigenvalue weighted by Gasteiger charge is -2.36. The van der Waals surface area contributed by atoms with Crippen LogP contribution in [0, 0.1) is 5.92 Å². The molecule has 2 unspecified atom stereocenters. The molecule has 2 heterocycles. The summed E-state index contributed by atoms with van der Waals surface area (Å²) >= 11 is 0. The first-order chi connectivity index (χ1) is 11.3. The van der Waals surface area contributed by atoms with Gasteiger partial charge < -0.3 is 10.6 Å². The van der Waals surface area contributed by atoms with Gasteiger partial charge in [-0.3, -0.25) is 4.79 Å². The Kier molecular flexibility index (Phi) is 6.14. The molecule has 1 saturated heterocycles. The topological polar surface area (TPSA) is 83.7 Å². The van der Waals surface area contributed by atoms with Gasteiger partial charge in [-0.1, -0.05) is 6.92 Å². The number of nitrogens with zero attached hydrogens (tertiary/aromatic N) is 2. The summed E-state index contributed by atoms with van der Waals surface area (Å²) < 4.78 is 27.7. The molecule has 2 aliphatic heterocycles. The Morgan fingerprint density at radius 3 is 2.68 bits per heavy atom. The molecule has 0 aromatic heterocycles. The number of halogens is 1. The van der Waals surface area contributed by atoms with Crippen LogP contribution in [0.2, 0.25) is 0 Å². The summed E-state index contributed by atoms with van der Waals surface area (Å²) in [5, 5.41) is 0. The Morgan fingerprint density at radius 2 is 2.04 bits per heavy atom. The fourth-order valence-corrected chi connectivity index (χ4v) is 5.47. The quantitative estimate of drug-likeness (QED) is 0.856. The highest BCUT2D eigenvalue weighted by molar-refractivity contribution is 7.89. The number of fused-ring (bicyclic) bond motifs is 1. The SMILES string of the molecule is CC(=O)N1CCc2cc(S(=O)(=O)N3CCC(C)CC3CN)ccc21.Cl. The molecule has 8 heteroatoms. The standard InChI is InChI=1S/C17H25N3O3S.ClH/c1-12-5-8-20(15(9-12)11-18)24(22,23)16-3-4-17-14(10-16)6-7-19(17)13(2)21;/h3-4,10,12,15H,5-9,11,18H2,1-2H3;1H. The third-order valence-corrected chi connectivity index (χ3v) is 7.08. The molecular formula is C17H26ClN3O3S. The number of benzene rings is 1. The second-order valence-corrected chi connectivity index (χ2v) is 8.74. The van der Waals surface area contributed by atoms with Crippen LogP contribution < -0.4 is 10.6 Å². The number of carbonyl (C=O) groups is 1. The van der Waals surface area contributed by atoms with Gasteiger partial charge in [0.1, 0.15) is 0 Å². The molecule has 1 aromatic carbocycles. The van der Waals surface area contributed by atoms with E-state index in [2.05, 4.69) is 6.92 Å². The maximum absolute atomic E-state index is 13.1. The van der Waals surface area contributed by atoms with E-state index in [4.69, 9.17) is 5.73 Å². The fraction of sp³-hybridized carbons (Fsp3) is 0.588. The van der Waals surface area contributed by atoms with Crippen molar-refractivity contribution >= 4 is 34.0 Å². The largest absolute Gasteiger partial charge is 0.329 e. The molecular weight excluding hydrogens is 362 g/mol. The first kappa shape index (κ1) is 20.2. The molecule has 0 radical (unpaired) electrons. The molecule has 6 nitrogen and oxygen atoms in total. The summed E-state index contributed by atoms with van der Waals surface area (Å²) in [7, 11) is -3.56. The van der Waals surface area contributed by atoms with Crippen molar-refractivity contribution in [3.8, 4) is 0 Å². The third kappa shape index (κ3) is 3.69. The smallest absolute Gasteiger partial charge is 0.243 e. The highest BCUT2D eigenvalue weighted by Crippen LogP contribution is 2.33. The number of amides is 1. The van der Waals surface area contributed by atoms with Crippen molar-refractivity contribution in [2.45, 2.75) is 44.0 Å². The number of carbonyl (C=O) groups excluding carboxylic acids is 1. The van der Waals surface area contributed by atoms with Crippen molar-refractivity contribution in [3.05, 3.63) is 23.8 Å². The Bertz CT molecular complexity index is 754. The monoisotopic (exact) mass is 387 g/mol. The maximum atomic E-state index is 13.1. The number of piperidine rings is 1. The van der Waals surface area contributed by atoms with Crippen LogP contribution in [0.15, 0.2) is 23.1 Å². The zero-order valence-corrected chi connectivity index (χ0v) is 16.3. The Balaban J connectivity index is 0.00000225. The second kappa shape index (κ2) is 7.61. The van der Waals surface area contributed by atoms with Gasteiger partial charge in [0, 0.05) is 38.3 Å². The van der Waals surface area contributed by atoms with Crippen LogP contribution in [0.3, 0.4) is 0 Å². The van der Waals surface area contributed by atoms with Gasteiger partial charge >= 0.3 is 0 Å². The first-order valence-electron chi connectivity index (χ1n) is 8.47. The van der Waals surface area contributed by atoms with Gasteiger partial charge in [-0.2, -0.15) is 4.31 Å². The molecule has 2 atom stereocenters. The fourth-order valence-electron chi connectivity index (χ4n) is 3.76. The minimum atomic E-state index is -3.56. The lowest BCUT2D eigenvalue weighted by Crippen LogP contribution is -2.49. The lowest BCUT2D eigenvalue weighted by molar-refractivity contribution is -0.116. The van der Waals surface area contributed by atoms with Crippen LogP contribution in [-0.4, -0.2) is 44.3 Å². The molecule has 0 bridgehead atoms. The van der Waals surface area contributed by atoms with Crippen LogP contribution in [0.25, 0.3) is 0 Å². The molecule has 1 amide bonds. The predicted octanol–water partition coefficient (Wildman–Crippen LogP) is 1.77. The molecule has 25 heavy (non-hydrogen) atoms. The average molecular weight is 388 g/mol. The van der Waals surface area contributed by atoms with Gasteiger partial charge in [0.2, 0.25) is 15.9 Å². The van der Waals surface area contributed by atoms with Crippen molar-refractivity contribution in [1.29, 1.82) is 0 Å². The molecule has 140 valence electrons. The molecule has 2 N–H and O–H groups in total. The number of rotatable bonds is 3. The van der Waals surface area contributed by atoms with E-state index in [0.29, 0.717) is 36.9 Å². The minimum Gasteiger partial charge on any atom is -0.329 e. The van der Waals surface area contributed by atoms with Crippen molar-refractivity contribution in [3.63, 3.8) is 0 Å². The van der Waals surface area contributed by atoms with Crippen LogP contribution in [0.1, 0.15) is 32.3 Å². The highest BCUT2D eigenvalue weighted by atomic mass is 35.5. The van der Waals surface area contributed by atoms with Gasteiger partial charge in [0.05, 0.1) is 4.90 Å². The van der Waals surface area contributed by atoms with E-state index in [1.807, 2.05) is 0 Å². The molecule has 2 aliphatic rings.